The summed E-state index contributed by atoms with van der Waals surface area (Å²) in [4.78, 5) is 2.49. The Hall–Kier alpha value is -0.770. The number of rotatable bonds is 3. The van der Waals surface area contributed by atoms with Gasteiger partial charge < -0.3 is 10.4 Å². The van der Waals surface area contributed by atoms with Gasteiger partial charge in [-0.05, 0) is 24.8 Å². The van der Waals surface area contributed by atoms with E-state index in [1.807, 2.05) is 12.1 Å². The molecular formula is C14H19ClN2O. The molecule has 1 atom stereocenters. The molecule has 2 fully saturated rings. The van der Waals surface area contributed by atoms with Gasteiger partial charge in [-0.3, -0.25) is 4.90 Å². The number of nitrogens with one attached hydrogen (secondary N) is 1. The summed E-state index contributed by atoms with van der Waals surface area (Å²) in [6, 6.07) is 6.05. The number of piperazine rings is 1. The highest BCUT2D eigenvalue weighted by molar-refractivity contribution is 6.32. The zero-order chi connectivity index (χ0) is 12.5. The Morgan fingerprint density at radius 1 is 1.28 bits per heavy atom. The third kappa shape index (κ3) is 2.35. The molecule has 0 amide bonds. The van der Waals surface area contributed by atoms with Gasteiger partial charge in [-0.2, -0.15) is 0 Å². The molecule has 1 aromatic carbocycles. The molecule has 3 nitrogen and oxygen atoms in total. The second-order valence-corrected chi connectivity index (χ2v) is 5.65. The van der Waals surface area contributed by atoms with Crippen LogP contribution < -0.4 is 5.32 Å². The third-order valence-corrected chi connectivity index (χ3v) is 4.26. The van der Waals surface area contributed by atoms with E-state index in [2.05, 4.69) is 10.2 Å². The molecule has 3 rings (SSSR count). The highest BCUT2D eigenvalue weighted by atomic mass is 35.5. The number of hydrogen-bond acceptors (Lipinski definition) is 3. The van der Waals surface area contributed by atoms with Crippen molar-refractivity contribution >= 4 is 11.6 Å². The Balaban J connectivity index is 1.90. The second kappa shape index (κ2) is 5.08. The van der Waals surface area contributed by atoms with Gasteiger partial charge in [-0.1, -0.05) is 23.7 Å². The van der Waals surface area contributed by atoms with Crippen LogP contribution in [0.5, 0.6) is 5.75 Å². The first-order valence-electron chi connectivity index (χ1n) is 6.69. The molecule has 0 aromatic heterocycles. The largest absolute Gasteiger partial charge is 0.506 e. The van der Waals surface area contributed by atoms with Crippen molar-refractivity contribution in [1.29, 1.82) is 0 Å². The molecule has 18 heavy (non-hydrogen) atoms. The normalized spacial score (nSPS) is 22.9. The predicted octanol–water partition coefficient (Wildman–Crippen LogP) is 2.40. The summed E-state index contributed by atoms with van der Waals surface area (Å²) in [6.45, 7) is 4.16. The lowest BCUT2D eigenvalue weighted by atomic mass is 9.99. The maximum Gasteiger partial charge on any atom is 0.138 e. The van der Waals surface area contributed by atoms with E-state index in [-0.39, 0.29) is 5.75 Å². The molecule has 2 aliphatic rings. The van der Waals surface area contributed by atoms with Crippen LogP contribution in [0.2, 0.25) is 5.02 Å². The van der Waals surface area contributed by atoms with Gasteiger partial charge in [0.2, 0.25) is 0 Å². The van der Waals surface area contributed by atoms with Crippen molar-refractivity contribution < 1.29 is 5.11 Å². The Bertz CT molecular complexity index is 428. The van der Waals surface area contributed by atoms with Crippen LogP contribution >= 0.6 is 11.6 Å². The van der Waals surface area contributed by atoms with E-state index in [0.717, 1.165) is 31.7 Å². The maximum absolute atomic E-state index is 10.2. The van der Waals surface area contributed by atoms with Crippen LogP contribution in [0.4, 0.5) is 0 Å². The monoisotopic (exact) mass is 266 g/mol. The van der Waals surface area contributed by atoms with E-state index in [9.17, 15) is 5.11 Å². The number of aromatic hydroxyl groups is 1. The lowest BCUT2D eigenvalue weighted by Gasteiger charge is -2.35. The van der Waals surface area contributed by atoms with Crippen molar-refractivity contribution in [3.8, 4) is 5.75 Å². The zero-order valence-electron chi connectivity index (χ0n) is 10.4. The molecule has 1 aliphatic carbocycles. The molecule has 1 aliphatic heterocycles. The quantitative estimate of drug-likeness (QED) is 0.882. The number of hydrogen-bond donors (Lipinski definition) is 2. The van der Waals surface area contributed by atoms with Crippen molar-refractivity contribution in [2.45, 2.75) is 18.9 Å². The number of nitrogens with zero attached hydrogens (tertiary/aromatic N) is 1. The Labute approximate surface area is 113 Å². The van der Waals surface area contributed by atoms with Crippen LogP contribution in [0.3, 0.4) is 0 Å². The fourth-order valence-electron chi connectivity index (χ4n) is 2.89. The molecular weight excluding hydrogens is 248 g/mol. The standard InChI is InChI=1S/C14H19ClN2O/c15-12-3-1-2-11(14(12)18)13(10-4-5-10)17-8-6-16-7-9-17/h1-3,10,13,16,18H,4-9H2/t13-/m0/s1. The minimum atomic E-state index is 0.273. The van der Waals surface area contributed by atoms with Crippen LogP contribution in [-0.2, 0) is 0 Å². The summed E-state index contributed by atoms with van der Waals surface area (Å²) in [5, 5.41) is 14.0. The number of phenolic OH excluding ortho intramolecular Hbond substituents is 1. The van der Waals surface area contributed by atoms with E-state index >= 15 is 0 Å². The fourth-order valence-corrected chi connectivity index (χ4v) is 3.07. The smallest absolute Gasteiger partial charge is 0.138 e. The highest BCUT2D eigenvalue weighted by Gasteiger charge is 2.38. The number of para-hydroxylation sites is 1. The van der Waals surface area contributed by atoms with Gasteiger partial charge in [-0.15, -0.1) is 0 Å². The molecule has 4 heteroatoms. The van der Waals surface area contributed by atoms with E-state index in [0.29, 0.717) is 17.0 Å². The van der Waals surface area contributed by atoms with Crippen molar-refractivity contribution in [2.75, 3.05) is 26.2 Å². The number of phenols is 1. The fraction of sp³-hybridized carbons (Fsp3) is 0.571. The van der Waals surface area contributed by atoms with Crippen LogP contribution in [0, 0.1) is 5.92 Å². The summed E-state index contributed by atoms with van der Waals surface area (Å²) in [5.74, 6) is 0.960. The molecule has 1 heterocycles. The molecule has 1 saturated carbocycles. The van der Waals surface area contributed by atoms with Gasteiger partial charge in [0.15, 0.2) is 0 Å². The average Bonchev–Trinajstić information content (AvgIpc) is 3.21. The molecule has 2 N–H and O–H groups in total. The molecule has 0 radical (unpaired) electrons. The maximum atomic E-state index is 10.2. The van der Waals surface area contributed by atoms with Gasteiger partial charge in [0, 0.05) is 37.8 Å². The second-order valence-electron chi connectivity index (χ2n) is 5.25. The van der Waals surface area contributed by atoms with Crippen molar-refractivity contribution in [3.63, 3.8) is 0 Å². The molecule has 0 spiro atoms. The van der Waals surface area contributed by atoms with E-state index in [4.69, 9.17) is 11.6 Å². The van der Waals surface area contributed by atoms with E-state index in [1.165, 1.54) is 12.8 Å². The lowest BCUT2D eigenvalue weighted by Crippen LogP contribution is -2.45. The van der Waals surface area contributed by atoms with Gasteiger partial charge in [-0.25, -0.2) is 0 Å². The van der Waals surface area contributed by atoms with Crippen LogP contribution in [0.1, 0.15) is 24.4 Å². The van der Waals surface area contributed by atoms with E-state index < -0.39 is 0 Å². The summed E-state index contributed by atoms with van der Waals surface area (Å²) in [7, 11) is 0. The van der Waals surface area contributed by atoms with E-state index in [1.54, 1.807) is 6.07 Å². The highest BCUT2D eigenvalue weighted by Crippen LogP contribution is 2.47. The Kier molecular flexibility index (Phi) is 3.46. The van der Waals surface area contributed by atoms with Gasteiger partial charge in [0.25, 0.3) is 0 Å². The molecule has 1 aromatic rings. The minimum Gasteiger partial charge on any atom is -0.506 e. The minimum absolute atomic E-state index is 0.273. The molecule has 0 bridgehead atoms. The molecule has 0 unspecified atom stereocenters. The van der Waals surface area contributed by atoms with Crippen LogP contribution in [0.25, 0.3) is 0 Å². The van der Waals surface area contributed by atoms with Crippen LogP contribution in [-0.4, -0.2) is 36.2 Å². The summed E-state index contributed by atoms with van der Waals surface area (Å²) >= 11 is 6.04. The van der Waals surface area contributed by atoms with Crippen molar-refractivity contribution in [2.24, 2.45) is 5.92 Å². The first-order valence-corrected chi connectivity index (χ1v) is 7.07. The Morgan fingerprint density at radius 2 is 2.00 bits per heavy atom. The van der Waals surface area contributed by atoms with Gasteiger partial charge in [0.05, 0.1) is 5.02 Å². The van der Waals surface area contributed by atoms with Crippen molar-refractivity contribution in [1.82, 2.24) is 10.2 Å². The van der Waals surface area contributed by atoms with Crippen LogP contribution in [0.15, 0.2) is 18.2 Å². The zero-order valence-corrected chi connectivity index (χ0v) is 11.2. The third-order valence-electron chi connectivity index (χ3n) is 3.95. The summed E-state index contributed by atoms with van der Waals surface area (Å²) < 4.78 is 0. The number of benzene rings is 1. The van der Waals surface area contributed by atoms with Crippen molar-refractivity contribution in [3.05, 3.63) is 28.8 Å². The summed E-state index contributed by atoms with van der Waals surface area (Å²) in [5.41, 5.74) is 1.01. The number of halogens is 1. The van der Waals surface area contributed by atoms with Gasteiger partial charge >= 0.3 is 0 Å². The molecule has 1 saturated heterocycles. The lowest BCUT2D eigenvalue weighted by molar-refractivity contribution is 0.153. The summed E-state index contributed by atoms with van der Waals surface area (Å²) in [6.07, 6.45) is 2.53. The predicted molar refractivity (Wildman–Crippen MR) is 73.0 cm³/mol. The van der Waals surface area contributed by atoms with Gasteiger partial charge in [0.1, 0.15) is 5.75 Å². The first-order chi connectivity index (χ1) is 8.77. The average molecular weight is 267 g/mol. The Morgan fingerprint density at radius 3 is 2.67 bits per heavy atom. The molecule has 98 valence electrons. The first kappa shape index (κ1) is 12.3. The topological polar surface area (TPSA) is 35.5 Å². The SMILES string of the molecule is Oc1c(Cl)cccc1[C@H](C1CC1)N1CCNCC1.